The Labute approximate surface area is 111 Å². The van der Waals surface area contributed by atoms with Gasteiger partial charge in [0, 0.05) is 6.20 Å². The summed E-state index contributed by atoms with van der Waals surface area (Å²) in [7, 11) is 0. The molecule has 2 aromatic heterocycles. The molecule has 17 heavy (non-hydrogen) atoms. The second kappa shape index (κ2) is 4.80. The second-order valence-electron chi connectivity index (χ2n) is 2.94. The third-order valence-corrected chi connectivity index (χ3v) is 2.71. The zero-order chi connectivity index (χ0) is 12.4. The van der Waals surface area contributed by atoms with Crippen molar-refractivity contribution in [1.29, 1.82) is 0 Å². The first-order valence-corrected chi connectivity index (χ1v) is 5.92. The summed E-state index contributed by atoms with van der Waals surface area (Å²) in [5.74, 6) is -0.221. The quantitative estimate of drug-likeness (QED) is 0.748. The van der Waals surface area contributed by atoms with Crippen LogP contribution in [-0.4, -0.2) is 25.8 Å². The number of halogens is 2. The van der Waals surface area contributed by atoms with Gasteiger partial charge in [-0.15, -0.1) is 0 Å². The molecule has 0 aliphatic rings. The van der Waals surface area contributed by atoms with Crippen molar-refractivity contribution in [2.24, 2.45) is 0 Å². The lowest BCUT2D eigenvalue weighted by atomic mass is 10.4. The first kappa shape index (κ1) is 12.0. The van der Waals surface area contributed by atoms with Gasteiger partial charge in [0.1, 0.15) is 14.9 Å². The number of hydrogen-bond acceptors (Lipinski definition) is 4. The number of anilines is 1. The van der Waals surface area contributed by atoms with E-state index in [0.717, 1.165) is 0 Å². The number of amides is 1. The van der Waals surface area contributed by atoms with E-state index in [9.17, 15) is 9.59 Å². The van der Waals surface area contributed by atoms with Gasteiger partial charge in [-0.25, -0.2) is 14.8 Å². The highest BCUT2D eigenvalue weighted by atomic mass is 79.9. The fourth-order valence-electron chi connectivity index (χ4n) is 1.06. The number of imidazole rings is 1. The monoisotopic (exact) mass is 361 g/mol. The lowest BCUT2D eigenvalue weighted by molar-refractivity contribution is 0.102. The molecule has 0 aliphatic carbocycles. The van der Waals surface area contributed by atoms with Crippen LogP contribution in [0.2, 0.25) is 0 Å². The third-order valence-electron chi connectivity index (χ3n) is 1.77. The highest BCUT2D eigenvalue weighted by Gasteiger charge is 2.11. The van der Waals surface area contributed by atoms with Gasteiger partial charge in [0.15, 0.2) is 5.82 Å². The van der Waals surface area contributed by atoms with Gasteiger partial charge in [-0.1, -0.05) is 0 Å². The molecule has 0 fully saturated rings. The summed E-state index contributed by atoms with van der Waals surface area (Å²) in [6.07, 6.45) is 2.72. The van der Waals surface area contributed by atoms with E-state index in [2.05, 4.69) is 57.1 Å². The first-order valence-electron chi connectivity index (χ1n) is 4.33. The van der Waals surface area contributed by atoms with Crippen LogP contribution >= 0.6 is 31.9 Å². The van der Waals surface area contributed by atoms with E-state index >= 15 is 0 Å². The molecule has 0 radical (unpaired) electrons. The van der Waals surface area contributed by atoms with Crippen molar-refractivity contribution in [3.05, 3.63) is 37.8 Å². The largest absolute Gasteiger partial charge is 0.323 e. The van der Waals surface area contributed by atoms with Crippen LogP contribution in [0, 0.1) is 0 Å². The highest BCUT2D eigenvalue weighted by molar-refractivity contribution is 9.11. The standard InChI is InChI=1S/C8H5Br2N5O2/c9-4-2-11-6(5(10)14-4)15-7(16)3-1-12-8(17)13-3/h1-2H,(H,11,15,16)(H2,12,13,17). The molecule has 0 unspecified atom stereocenters. The van der Waals surface area contributed by atoms with Crippen LogP contribution in [0.3, 0.4) is 0 Å². The average molecular weight is 363 g/mol. The van der Waals surface area contributed by atoms with E-state index in [4.69, 9.17) is 0 Å². The van der Waals surface area contributed by atoms with Gasteiger partial charge in [-0.05, 0) is 31.9 Å². The molecular weight excluding hydrogens is 358 g/mol. The average Bonchev–Trinajstić information content (AvgIpc) is 2.69. The molecule has 2 heterocycles. The van der Waals surface area contributed by atoms with Crippen LogP contribution < -0.4 is 11.0 Å². The number of nitrogens with one attached hydrogen (secondary N) is 3. The SMILES string of the molecule is O=C(Nc1ncc(Br)nc1Br)c1c[nH]c(=O)[nH]1. The molecule has 2 rings (SSSR count). The summed E-state index contributed by atoms with van der Waals surface area (Å²) < 4.78 is 0.926. The second-order valence-corrected chi connectivity index (χ2v) is 4.51. The van der Waals surface area contributed by atoms with E-state index in [-0.39, 0.29) is 11.5 Å². The minimum absolute atomic E-state index is 0.117. The minimum Gasteiger partial charge on any atom is -0.312 e. The van der Waals surface area contributed by atoms with Gasteiger partial charge < -0.3 is 15.3 Å². The normalized spacial score (nSPS) is 10.2. The molecule has 0 bridgehead atoms. The number of carbonyl (C=O) groups is 1. The molecule has 0 spiro atoms. The molecule has 0 aliphatic heterocycles. The fraction of sp³-hybridized carbons (Fsp3) is 0. The van der Waals surface area contributed by atoms with Crippen molar-refractivity contribution < 1.29 is 4.79 Å². The van der Waals surface area contributed by atoms with Crippen molar-refractivity contribution in [3.8, 4) is 0 Å². The van der Waals surface area contributed by atoms with Gasteiger partial charge in [0.2, 0.25) is 0 Å². The van der Waals surface area contributed by atoms with Crippen LogP contribution in [0.1, 0.15) is 10.5 Å². The van der Waals surface area contributed by atoms with E-state index in [0.29, 0.717) is 9.21 Å². The molecule has 1 amide bonds. The minimum atomic E-state index is -0.485. The Kier molecular flexibility index (Phi) is 3.38. The molecule has 0 atom stereocenters. The van der Waals surface area contributed by atoms with Gasteiger partial charge in [0.25, 0.3) is 5.91 Å². The van der Waals surface area contributed by atoms with E-state index in [1.807, 2.05) is 0 Å². The lowest BCUT2D eigenvalue weighted by Gasteiger charge is -2.03. The third kappa shape index (κ3) is 2.80. The van der Waals surface area contributed by atoms with Crippen molar-refractivity contribution in [3.63, 3.8) is 0 Å². The maximum atomic E-state index is 11.7. The molecule has 0 saturated heterocycles. The molecule has 2 aromatic rings. The topological polar surface area (TPSA) is 104 Å². The number of nitrogens with zero attached hydrogens (tertiary/aromatic N) is 2. The van der Waals surface area contributed by atoms with E-state index in [1.165, 1.54) is 12.4 Å². The van der Waals surface area contributed by atoms with Crippen LogP contribution in [0.5, 0.6) is 0 Å². The van der Waals surface area contributed by atoms with E-state index in [1.54, 1.807) is 0 Å². The molecule has 88 valence electrons. The molecular formula is C8H5Br2N5O2. The van der Waals surface area contributed by atoms with Gasteiger partial charge in [0.05, 0.1) is 6.20 Å². The zero-order valence-corrected chi connectivity index (χ0v) is 11.3. The Morgan fingerprint density at radius 2 is 2.18 bits per heavy atom. The molecule has 0 saturated carbocycles. The Morgan fingerprint density at radius 1 is 1.41 bits per heavy atom. The van der Waals surface area contributed by atoms with Crippen LogP contribution in [0.25, 0.3) is 0 Å². The smallest absolute Gasteiger partial charge is 0.312 e. The summed E-state index contributed by atoms with van der Waals surface area (Å²) in [5.41, 5.74) is -0.331. The fourth-order valence-corrected chi connectivity index (χ4v) is 1.97. The van der Waals surface area contributed by atoms with Crippen LogP contribution in [0.15, 0.2) is 26.4 Å². The zero-order valence-electron chi connectivity index (χ0n) is 8.12. The molecule has 3 N–H and O–H groups in total. The van der Waals surface area contributed by atoms with Crippen LogP contribution in [-0.2, 0) is 0 Å². The molecule has 7 nitrogen and oxygen atoms in total. The predicted octanol–water partition coefficient (Wildman–Crippen LogP) is 1.27. The summed E-state index contributed by atoms with van der Waals surface area (Å²) in [5, 5.41) is 2.50. The van der Waals surface area contributed by atoms with Gasteiger partial charge >= 0.3 is 5.69 Å². The van der Waals surface area contributed by atoms with Crippen molar-refractivity contribution >= 4 is 43.6 Å². The molecule has 0 aromatic carbocycles. The van der Waals surface area contributed by atoms with Gasteiger partial charge in [-0.3, -0.25) is 4.79 Å². The first-order chi connectivity index (χ1) is 8.06. The Morgan fingerprint density at radius 3 is 2.76 bits per heavy atom. The number of hydrogen-bond donors (Lipinski definition) is 3. The van der Waals surface area contributed by atoms with Crippen molar-refractivity contribution in [1.82, 2.24) is 19.9 Å². The summed E-state index contributed by atoms with van der Waals surface area (Å²) in [6, 6.07) is 0. The van der Waals surface area contributed by atoms with Crippen molar-refractivity contribution in [2.75, 3.05) is 5.32 Å². The lowest BCUT2D eigenvalue weighted by Crippen LogP contribution is -2.15. The number of H-pyrrole nitrogens is 2. The number of rotatable bonds is 2. The number of aromatic nitrogens is 4. The summed E-state index contributed by atoms with van der Waals surface area (Å²) >= 11 is 6.30. The summed E-state index contributed by atoms with van der Waals surface area (Å²) in [6.45, 7) is 0. The van der Waals surface area contributed by atoms with Gasteiger partial charge in [-0.2, -0.15) is 0 Å². The van der Waals surface area contributed by atoms with Crippen LogP contribution in [0.4, 0.5) is 5.82 Å². The maximum absolute atomic E-state index is 11.7. The molecule has 9 heteroatoms. The Bertz CT molecular complexity index is 620. The highest BCUT2D eigenvalue weighted by Crippen LogP contribution is 2.19. The maximum Gasteiger partial charge on any atom is 0.323 e. The Balaban J connectivity index is 2.21. The predicted molar refractivity (Wildman–Crippen MR) is 66.8 cm³/mol. The Hall–Kier alpha value is -1.48. The number of carbonyl (C=O) groups excluding carboxylic acids is 1. The summed E-state index contributed by atoms with van der Waals surface area (Å²) in [4.78, 5) is 35.1. The number of aromatic amines is 2. The van der Waals surface area contributed by atoms with E-state index < -0.39 is 11.6 Å². The van der Waals surface area contributed by atoms with Crippen molar-refractivity contribution in [2.45, 2.75) is 0 Å².